The average molecular weight is 418 g/mol. The lowest BCUT2D eigenvalue weighted by atomic mass is 9.94. The Morgan fingerprint density at radius 3 is 2.68 bits per heavy atom. The number of amides is 1. The van der Waals surface area contributed by atoms with Crippen LogP contribution in [0.5, 0.6) is 5.75 Å². The number of hydrogen-bond acceptors (Lipinski definition) is 6. The number of carbonyl (C=O) groups is 1. The maximum Gasteiger partial charge on any atom is 0.387 e. The second kappa shape index (κ2) is 7.92. The Morgan fingerprint density at radius 2 is 2.07 bits per heavy atom. The van der Waals surface area contributed by atoms with Crippen molar-refractivity contribution in [1.29, 1.82) is 0 Å². The lowest BCUT2D eigenvalue weighted by Gasteiger charge is -2.52. The maximum atomic E-state index is 12.7. The van der Waals surface area contributed by atoms with Crippen LogP contribution < -0.4 is 4.74 Å². The molecule has 1 aromatic rings. The third-order valence-corrected chi connectivity index (χ3v) is 7.41. The van der Waals surface area contributed by atoms with Crippen LogP contribution in [-0.2, 0) is 14.6 Å². The summed E-state index contributed by atoms with van der Waals surface area (Å²) in [5.41, 5.74) is -0.910. The fourth-order valence-corrected chi connectivity index (χ4v) is 5.52. The number of para-hydroxylation sites is 1. The Bertz CT molecular complexity index is 827. The van der Waals surface area contributed by atoms with Gasteiger partial charge in [-0.1, -0.05) is 19.1 Å². The zero-order valence-corrected chi connectivity index (χ0v) is 16.6. The van der Waals surface area contributed by atoms with E-state index in [0.29, 0.717) is 6.54 Å². The number of alkyl halides is 2. The minimum absolute atomic E-state index is 0.0127. The molecule has 0 bridgehead atoms. The van der Waals surface area contributed by atoms with Crippen molar-refractivity contribution in [3.05, 3.63) is 29.8 Å². The van der Waals surface area contributed by atoms with Crippen molar-refractivity contribution >= 4 is 15.7 Å². The summed E-state index contributed by atoms with van der Waals surface area (Å²) in [6, 6.07) is 5.75. The monoisotopic (exact) mass is 418 g/mol. The molecule has 2 aliphatic heterocycles. The largest absolute Gasteiger partial charge is 0.434 e. The molecule has 0 aromatic heterocycles. The van der Waals surface area contributed by atoms with E-state index in [9.17, 15) is 22.0 Å². The third kappa shape index (κ3) is 4.28. The molecule has 0 saturated carbocycles. The molecule has 156 valence electrons. The summed E-state index contributed by atoms with van der Waals surface area (Å²) < 4.78 is 60.7. The second-order valence-electron chi connectivity index (χ2n) is 7.31. The number of nitrogens with zero attached hydrogens (tertiary/aromatic N) is 2. The number of likely N-dealkylation sites (tertiary alicyclic amines) is 1. The summed E-state index contributed by atoms with van der Waals surface area (Å²) in [6.45, 7) is 0.328. The van der Waals surface area contributed by atoms with Crippen molar-refractivity contribution in [2.45, 2.75) is 24.4 Å². The van der Waals surface area contributed by atoms with E-state index in [2.05, 4.69) is 4.74 Å². The van der Waals surface area contributed by atoms with Gasteiger partial charge >= 0.3 is 6.61 Å². The molecule has 2 fully saturated rings. The highest BCUT2D eigenvalue weighted by molar-refractivity contribution is 7.92. The van der Waals surface area contributed by atoms with Gasteiger partial charge in [-0.15, -0.1) is 0 Å². The summed E-state index contributed by atoms with van der Waals surface area (Å²) in [6.07, 6.45) is 0. The molecule has 0 radical (unpaired) electrons. The first-order chi connectivity index (χ1) is 13.2. The molecular formula is C18H24F2N2O5S. The Labute approximate surface area is 163 Å². The van der Waals surface area contributed by atoms with Crippen LogP contribution >= 0.6 is 0 Å². The predicted octanol–water partition coefficient (Wildman–Crippen LogP) is 1.25. The van der Waals surface area contributed by atoms with Crippen LogP contribution in [0.3, 0.4) is 0 Å². The number of ether oxygens (including phenoxy) is 2. The number of rotatable bonds is 6. The van der Waals surface area contributed by atoms with E-state index in [1.807, 2.05) is 18.9 Å². The van der Waals surface area contributed by atoms with Crippen LogP contribution in [0.25, 0.3) is 0 Å². The highest BCUT2D eigenvalue weighted by atomic mass is 32.2. The van der Waals surface area contributed by atoms with Crippen LogP contribution in [0.1, 0.15) is 17.3 Å². The molecule has 0 aliphatic carbocycles. The molecule has 2 aliphatic rings. The van der Waals surface area contributed by atoms with E-state index in [0.717, 1.165) is 6.54 Å². The fraction of sp³-hybridized carbons (Fsp3) is 0.611. The molecule has 28 heavy (non-hydrogen) atoms. The number of hydrogen-bond donors (Lipinski definition) is 0. The number of halogens is 2. The van der Waals surface area contributed by atoms with Gasteiger partial charge in [0, 0.05) is 6.54 Å². The van der Waals surface area contributed by atoms with Gasteiger partial charge in [-0.3, -0.25) is 4.79 Å². The average Bonchev–Trinajstić information content (AvgIpc) is 2.60. The minimum Gasteiger partial charge on any atom is -0.434 e. The molecular weight excluding hydrogens is 394 g/mol. The van der Waals surface area contributed by atoms with Gasteiger partial charge < -0.3 is 19.3 Å². The van der Waals surface area contributed by atoms with E-state index in [1.165, 1.54) is 23.1 Å². The van der Waals surface area contributed by atoms with Gasteiger partial charge in [0.05, 0.1) is 36.3 Å². The number of carbonyl (C=O) groups excluding carboxylic acids is 1. The zero-order valence-electron chi connectivity index (χ0n) is 15.8. The third-order valence-electron chi connectivity index (χ3n) is 5.18. The molecule has 0 unspecified atom stereocenters. The van der Waals surface area contributed by atoms with Gasteiger partial charge in [-0.25, -0.2) is 8.42 Å². The van der Waals surface area contributed by atoms with Crippen LogP contribution in [0.4, 0.5) is 8.78 Å². The Kier molecular flexibility index (Phi) is 5.92. The summed E-state index contributed by atoms with van der Waals surface area (Å²) in [7, 11) is -1.51. The van der Waals surface area contributed by atoms with Gasteiger partial charge in [0.15, 0.2) is 9.84 Å². The molecule has 2 saturated heterocycles. The van der Waals surface area contributed by atoms with Crippen LogP contribution in [0, 0.1) is 0 Å². The van der Waals surface area contributed by atoms with Gasteiger partial charge in [0.2, 0.25) is 0 Å². The second-order valence-corrected chi connectivity index (χ2v) is 9.60. The van der Waals surface area contributed by atoms with Gasteiger partial charge in [-0.2, -0.15) is 8.78 Å². The van der Waals surface area contributed by atoms with Crippen LogP contribution in [0.15, 0.2) is 24.3 Å². The summed E-state index contributed by atoms with van der Waals surface area (Å²) in [5, 5.41) is -0.590. The first-order valence-corrected chi connectivity index (χ1v) is 10.7. The SMILES string of the molecule is CCN(C)C[C@H]1COC2(CN(C(=O)c3ccccc3OC(F)F)C2)CS1(=O)=O. The molecule has 10 heteroatoms. The number of sulfone groups is 1. The van der Waals surface area contributed by atoms with Crippen molar-refractivity contribution in [1.82, 2.24) is 9.80 Å². The summed E-state index contributed by atoms with van der Waals surface area (Å²) in [4.78, 5) is 16.0. The van der Waals surface area contributed by atoms with Crippen molar-refractivity contribution in [3.8, 4) is 5.75 Å². The normalized spacial score (nSPS) is 23.1. The molecule has 1 aromatic carbocycles. The quantitative estimate of drug-likeness (QED) is 0.692. The van der Waals surface area contributed by atoms with Crippen molar-refractivity contribution in [2.75, 3.05) is 45.6 Å². The molecule has 2 heterocycles. The zero-order chi connectivity index (χ0) is 20.5. The lowest BCUT2D eigenvalue weighted by Crippen LogP contribution is -2.71. The Hall–Kier alpha value is -1.78. The highest BCUT2D eigenvalue weighted by Crippen LogP contribution is 2.35. The first kappa shape index (κ1) is 20.9. The van der Waals surface area contributed by atoms with E-state index >= 15 is 0 Å². The molecule has 3 rings (SSSR count). The van der Waals surface area contributed by atoms with E-state index in [1.54, 1.807) is 6.07 Å². The minimum atomic E-state index is -3.36. The lowest BCUT2D eigenvalue weighted by molar-refractivity contribution is -0.121. The molecule has 1 spiro atoms. The topological polar surface area (TPSA) is 76.2 Å². The van der Waals surface area contributed by atoms with E-state index < -0.39 is 33.2 Å². The first-order valence-electron chi connectivity index (χ1n) is 9.03. The molecule has 7 nitrogen and oxygen atoms in total. The van der Waals surface area contributed by atoms with Crippen molar-refractivity contribution in [3.63, 3.8) is 0 Å². The molecule has 1 atom stereocenters. The van der Waals surface area contributed by atoms with E-state index in [4.69, 9.17) is 4.74 Å². The fourth-order valence-electron chi connectivity index (χ4n) is 3.53. The standard InChI is InChI=1S/C18H24F2N2O5S/c1-3-21(2)8-13-9-26-18(12-28(13,24)25)10-22(11-18)16(23)14-6-4-5-7-15(14)27-17(19)20/h4-7,13,17H,3,8-12H2,1-2H3/t13-/m0/s1. The Balaban J connectivity index is 1.65. The maximum absolute atomic E-state index is 12.7. The van der Waals surface area contributed by atoms with Gasteiger partial charge in [0.25, 0.3) is 5.91 Å². The van der Waals surface area contributed by atoms with E-state index in [-0.39, 0.29) is 36.8 Å². The summed E-state index contributed by atoms with van der Waals surface area (Å²) in [5.74, 6) is -0.847. The highest BCUT2D eigenvalue weighted by Gasteiger charge is 2.54. The Morgan fingerprint density at radius 1 is 1.39 bits per heavy atom. The van der Waals surface area contributed by atoms with Crippen molar-refractivity contribution in [2.24, 2.45) is 0 Å². The van der Waals surface area contributed by atoms with Crippen LogP contribution in [-0.4, -0.2) is 87.2 Å². The molecule has 0 N–H and O–H groups in total. The van der Waals surface area contributed by atoms with Crippen LogP contribution in [0.2, 0.25) is 0 Å². The smallest absolute Gasteiger partial charge is 0.387 e. The number of benzene rings is 1. The summed E-state index contributed by atoms with van der Waals surface area (Å²) >= 11 is 0. The van der Waals surface area contributed by atoms with Gasteiger partial charge in [-0.05, 0) is 25.7 Å². The molecule has 1 amide bonds. The van der Waals surface area contributed by atoms with Gasteiger partial charge in [0.1, 0.15) is 11.4 Å². The van der Waals surface area contributed by atoms with Crippen molar-refractivity contribution < 1.29 is 31.5 Å². The predicted molar refractivity (Wildman–Crippen MR) is 98.4 cm³/mol.